The zero-order chi connectivity index (χ0) is 11.5. The van der Waals surface area contributed by atoms with E-state index < -0.39 is 0 Å². The van der Waals surface area contributed by atoms with Crippen LogP contribution in [0.1, 0.15) is 38.2 Å². The third-order valence-corrected chi connectivity index (χ3v) is 3.68. The summed E-state index contributed by atoms with van der Waals surface area (Å²) in [6.45, 7) is 5.57. The summed E-state index contributed by atoms with van der Waals surface area (Å²) in [6.07, 6.45) is 5.27. The van der Waals surface area contributed by atoms with Gasteiger partial charge in [-0.25, -0.2) is 0 Å². The first-order valence-corrected chi connectivity index (χ1v) is 6.35. The summed E-state index contributed by atoms with van der Waals surface area (Å²) in [5.41, 5.74) is 9.30. The molecule has 0 saturated carbocycles. The quantitative estimate of drug-likeness (QED) is 0.771. The molecule has 2 nitrogen and oxygen atoms in total. The Hall–Kier alpha value is -1.18. The standard InChI is InChI=1S/C14H22N2/c1-3-12-6-4-5-9-16(12)13-7-8-14(15)11(2)10-13/h7-8,10,12H,3-6,9,15H2,1-2H3/t12-/m0/s1. The average molecular weight is 218 g/mol. The van der Waals surface area contributed by atoms with Crippen molar-refractivity contribution in [2.75, 3.05) is 17.2 Å². The number of rotatable bonds is 2. The van der Waals surface area contributed by atoms with Crippen LogP contribution in [-0.4, -0.2) is 12.6 Å². The van der Waals surface area contributed by atoms with Gasteiger partial charge in [-0.05, 0) is 56.4 Å². The first kappa shape index (κ1) is 11.3. The maximum Gasteiger partial charge on any atom is 0.0372 e. The van der Waals surface area contributed by atoms with Crippen molar-refractivity contribution in [3.63, 3.8) is 0 Å². The molecular formula is C14H22N2. The molecule has 0 aliphatic carbocycles. The van der Waals surface area contributed by atoms with Gasteiger partial charge in [0.25, 0.3) is 0 Å². The lowest BCUT2D eigenvalue weighted by Gasteiger charge is -2.37. The van der Waals surface area contributed by atoms with Gasteiger partial charge in [-0.2, -0.15) is 0 Å². The van der Waals surface area contributed by atoms with Gasteiger partial charge < -0.3 is 10.6 Å². The highest BCUT2D eigenvalue weighted by Crippen LogP contribution is 2.28. The molecule has 1 saturated heterocycles. The van der Waals surface area contributed by atoms with Crippen LogP contribution in [0.5, 0.6) is 0 Å². The highest BCUT2D eigenvalue weighted by molar-refractivity contribution is 5.58. The van der Waals surface area contributed by atoms with Crippen LogP contribution in [0.15, 0.2) is 18.2 Å². The van der Waals surface area contributed by atoms with E-state index in [0.29, 0.717) is 0 Å². The minimum atomic E-state index is 0.719. The summed E-state index contributed by atoms with van der Waals surface area (Å²) >= 11 is 0. The largest absolute Gasteiger partial charge is 0.399 e. The molecule has 2 rings (SSSR count). The van der Waals surface area contributed by atoms with Gasteiger partial charge in [-0.15, -0.1) is 0 Å². The molecule has 0 bridgehead atoms. The van der Waals surface area contributed by atoms with Crippen molar-refractivity contribution in [1.29, 1.82) is 0 Å². The number of hydrogen-bond donors (Lipinski definition) is 1. The molecule has 16 heavy (non-hydrogen) atoms. The molecule has 0 spiro atoms. The van der Waals surface area contributed by atoms with Crippen LogP contribution in [0.3, 0.4) is 0 Å². The van der Waals surface area contributed by atoms with Crippen molar-refractivity contribution >= 4 is 11.4 Å². The lowest BCUT2D eigenvalue weighted by molar-refractivity contribution is 0.450. The normalized spacial score (nSPS) is 21.1. The third-order valence-electron chi connectivity index (χ3n) is 3.68. The van der Waals surface area contributed by atoms with E-state index >= 15 is 0 Å². The first-order chi connectivity index (χ1) is 7.72. The van der Waals surface area contributed by atoms with Crippen molar-refractivity contribution in [2.45, 2.75) is 45.6 Å². The molecule has 2 N–H and O–H groups in total. The number of nitrogens with two attached hydrogens (primary N) is 1. The zero-order valence-electron chi connectivity index (χ0n) is 10.4. The molecule has 1 fully saturated rings. The SMILES string of the molecule is CC[C@H]1CCCCN1c1ccc(N)c(C)c1. The minimum Gasteiger partial charge on any atom is -0.399 e. The summed E-state index contributed by atoms with van der Waals surface area (Å²) in [5.74, 6) is 0. The Morgan fingerprint density at radius 3 is 2.88 bits per heavy atom. The summed E-state index contributed by atoms with van der Waals surface area (Å²) in [4.78, 5) is 2.55. The molecule has 1 aliphatic heterocycles. The van der Waals surface area contributed by atoms with Crippen molar-refractivity contribution < 1.29 is 0 Å². The molecule has 1 heterocycles. The monoisotopic (exact) mass is 218 g/mol. The van der Waals surface area contributed by atoms with Crippen LogP contribution in [0.2, 0.25) is 0 Å². The van der Waals surface area contributed by atoms with E-state index in [-0.39, 0.29) is 0 Å². The van der Waals surface area contributed by atoms with Gasteiger partial charge in [-0.3, -0.25) is 0 Å². The molecule has 0 amide bonds. The van der Waals surface area contributed by atoms with Crippen molar-refractivity contribution in [2.24, 2.45) is 0 Å². The van der Waals surface area contributed by atoms with E-state index in [4.69, 9.17) is 5.73 Å². The first-order valence-electron chi connectivity index (χ1n) is 6.35. The van der Waals surface area contributed by atoms with E-state index in [1.807, 2.05) is 6.07 Å². The Balaban J connectivity index is 2.23. The Bertz CT molecular complexity index is 360. The molecule has 0 unspecified atom stereocenters. The minimum absolute atomic E-state index is 0.719. The van der Waals surface area contributed by atoms with Gasteiger partial charge in [0.15, 0.2) is 0 Å². The topological polar surface area (TPSA) is 29.3 Å². The van der Waals surface area contributed by atoms with E-state index in [1.165, 1.54) is 43.5 Å². The summed E-state index contributed by atoms with van der Waals surface area (Å²) in [7, 11) is 0. The fraction of sp³-hybridized carbons (Fsp3) is 0.571. The van der Waals surface area contributed by atoms with Crippen LogP contribution in [0.25, 0.3) is 0 Å². The van der Waals surface area contributed by atoms with Crippen LogP contribution >= 0.6 is 0 Å². The van der Waals surface area contributed by atoms with Crippen molar-refractivity contribution in [3.05, 3.63) is 23.8 Å². The molecule has 1 aromatic carbocycles. The zero-order valence-corrected chi connectivity index (χ0v) is 10.4. The molecule has 1 aliphatic rings. The molecule has 1 aromatic rings. The predicted molar refractivity (Wildman–Crippen MR) is 70.9 cm³/mol. The highest BCUT2D eigenvalue weighted by atomic mass is 15.2. The Morgan fingerprint density at radius 2 is 2.19 bits per heavy atom. The van der Waals surface area contributed by atoms with Crippen molar-refractivity contribution in [3.8, 4) is 0 Å². The second-order valence-electron chi connectivity index (χ2n) is 4.79. The molecular weight excluding hydrogens is 196 g/mol. The second kappa shape index (κ2) is 4.77. The predicted octanol–water partition coefficient (Wildman–Crippen LogP) is 3.35. The Kier molecular flexibility index (Phi) is 3.37. The molecule has 0 aromatic heterocycles. The van der Waals surface area contributed by atoms with Gasteiger partial charge in [0.05, 0.1) is 0 Å². The number of anilines is 2. The number of benzene rings is 1. The summed E-state index contributed by atoms with van der Waals surface area (Å²) < 4.78 is 0. The average Bonchev–Trinajstić information content (AvgIpc) is 2.32. The van der Waals surface area contributed by atoms with E-state index in [9.17, 15) is 0 Å². The number of nitrogen functional groups attached to an aromatic ring is 1. The Labute approximate surface area is 98.4 Å². The summed E-state index contributed by atoms with van der Waals surface area (Å²) in [6, 6.07) is 7.14. The van der Waals surface area contributed by atoms with Crippen LogP contribution in [-0.2, 0) is 0 Å². The van der Waals surface area contributed by atoms with Gasteiger partial charge in [0, 0.05) is 24.0 Å². The van der Waals surface area contributed by atoms with Gasteiger partial charge in [0.2, 0.25) is 0 Å². The van der Waals surface area contributed by atoms with E-state index in [0.717, 1.165) is 11.7 Å². The molecule has 88 valence electrons. The maximum absolute atomic E-state index is 5.87. The molecule has 1 atom stereocenters. The van der Waals surface area contributed by atoms with Crippen LogP contribution < -0.4 is 10.6 Å². The van der Waals surface area contributed by atoms with Gasteiger partial charge in [0.1, 0.15) is 0 Å². The maximum atomic E-state index is 5.87. The van der Waals surface area contributed by atoms with Crippen LogP contribution in [0, 0.1) is 6.92 Å². The van der Waals surface area contributed by atoms with Gasteiger partial charge >= 0.3 is 0 Å². The number of piperidine rings is 1. The summed E-state index contributed by atoms with van der Waals surface area (Å²) in [5, 5.41) is 0. The fourth-order valence-corrected chi connectivity index (χ4v) is 2.60. The molecule has 2 heteroatoms. The van der Waals surface area contributed by atoms with Gasteiger partial charge in [-0.1, -0.05) is 6.92 Å². The number of aryl methyl sites for hydroxylation is 1. The van der Waals surface area contributed by atoms with Crippen LogP contribution in [0.4, 0.5) is 11.4 Å². The number of nitrogens with zero attached hydrogens (tertiary/aromatic N) is 1. The van der Waals surface area contributed by atoms with Crippen molar-refractivity contribution in [1.82, 2.24) is 0 Å². The van der Waals surface area contributed by atoms with E-state index in [2.05, 4.69) is 30.9 Å². The number of hydrogen-bond acceptors (Lipinski definition) is 2. The lowest BCUT2D eigenvalue weighted by atomic mass is 9.98. The molecule has 0 radical (unpaired) electrons. The fourth-order valence-electron chi connectivity index (χ4n) is 2.60. The van der Waals surface area contributed by atoms with E-state index in [1.54, 1.807) is 0 Å². The Morgan fingerprint density at radius 1 is 1.38 bits per heavy atom. The highest BCUT2D eigenvalue weighted by Gasteiger charge is 2.20. The second-order valence-corrected chi connectivity index (χ2v) is 4.79. The third kappa shape index (κ3) is 2.16. The smallest absolute Gasteiger partial charge is 0.0372 e. The lowest BCUT2D eigenvalue weighted by Crippen LogP contribution is -2.39.